The number of carbonyl (C=O) groups excluding carboxylic acids is 1. The van der Waals surface area contributed by atoms with E-state index >= 15 is 0 Å². The number of aromatic hydroxyl groups is 1. The molecule has 0 spiro atoms. The number of anilines is 1. The number of carbonyl (C=O) groups is 2. The van der Waals surface area contributed by atoms with Gasteiger partial charge in [0, 0.05) is 11.6 Å². The Morgan fingerprint density at radius 2 is 1.68 bits per heavy atom. The zero-order chi connectivity index (χ0) is 14.4. The quantitative estimate of drug-likeness (QED) is 0.827. The van der Waals surface area contributed by atoms with Crippen LogP contribution < -0.4 is 4.90 Å². The molecule has 0 aromatic heterocycles. The van der Waals surface area contributed by atoms with Crippen LogP contribution in [0.3, 0.4) is 0 Å². The molecule has 0 saturated carbocycles. The summed E-state index contributed by atoms with van der Waals surface area (Å²) < 4.78 is 0. The Bertz CT molecular complexity index is 437. The molecular weight excluding hydrogens is 246 g/mol. The number of hydrogen-bond acceptors (Lipinski definition) is 3. The number of aliphatic carboxylic acids is 1. The van der Waals surface area contributed by atoms with E-state index in [1.807, 2.05) is 13.8 Å². The van der Waals surface area contributed by atoms with Crippen molar-refractivity contribution >= 4 is 17.6 Å². The number of carboxylic acids is 1. The molecule has 1 aromatic carbocycles. The lowest BCUT2D eigenvalue weighted by molar-refractivity contribution is -0.137. The van der Waals surface area contributed by atoms with Gasteiger partial charge in [0.25, 0.3) is 0 Å². The van der Waals surface area contributed by atoms with E-state index in [1.165, 1.54) is 17.0 Å². The van der Waals surface area contributed by atoms with Gasteiger partial charge in [-0.2, -0.15) is 0 Å². The summed E-state index contributed by atoms with van der Waals surface area (Å²) in [5.74, 6) is -1.37. The van der Waals surface area contributed by atoms with Crippen LogP contribution in [0.1, 0.15) is 26.7 Å². The first-order valence-corrected chi connectivity index (χ1v) is 6.31. The molecule has 0 bridgehead atoms. The Morgan fingerprint density at radius 3 is 2.11 bits per heavy atom. The van der Waals surface area contributed by atoms with E-state index in [4.69, 9.17) is 5.11 Å². The Labute approximate surface area is 112 Å². The highest BCUT2D eigenvalue weighted by Crippen LogP contribution is 2.22. The SMILES string of the molecule is CCC(CC)C(=O)N(CC(=O)O)c1ccc(O)cc1. The lowest BCUT2D eigenvalue weighted by atomic mass is 10.0. The molecule has 1 rings (SSSR count). The van der Waals surface area contributed by atoms with Gasteiger partial charge in [-0.25, -0.2) is 0 Å². The minimum atomic E-state index is -1.06. The summed E-state index contributed by atoms with van der Waals surface area (Å²) in [5.41, 5.74) is 0.483. The molecule has 0 fully saturated rings. The molecule has 0 aliphatic carbocycles. The van der Waals surface area contributed by atoms with Gasteiger partial charge in [0.1, 0.15) is 12.3 Å². The molecule has 1 amide bonds. The monoisotopic (exact) mass is 265 g/mol. The second-order valence-electron chi connectivity index (χ2n) is 4.35. The molecule has 0 atom stereocenters. The van der Waals surface area contributed by atoms with Gasteiger partial charge < -0.3 is 15.1 Å². The molecule has 1 aromatic rings. The average Bonchev–Trinajstić information content (AvgIpc) is 2.38. The van der Waals surface area contributed by atoms with Crippen molar-refractivity contribution in [3.8, 4) is 5.75 Å². The van der Waals surface area contributed by atoms with E-state index in [0.29, 0.717) is 18.5 Å². The van der Waals surface area contributed by atoms with Crippen molar-refractivity contribution < 1.29 is 19.8 Å². The van der Waals surface area contributed by atoms with Crippen LogP contribution >= 0.6 is 0 Å². The summed E-state index contributed by atoms with van der Waals surface area (Å²) in [6, 6.07) is 5.95. The van der Waals surface area contributed by atoms with Gasteiger partial charge >= 0.3 is 5.97 Å². The van der Waals surface area contributed by atoms with Crippen LogP contribution in [0.15, 0.2) is 24.3 Å². The van der Waals surface area contributed by atoms with Gasteiger partial charge in [0.15, 0.2) is 0 Å². The number of phenolic OH excluding ortho intramolecular Hbond substituents is 1. The largest absolute Gasteiger partial charge is 0.508 e. The molecule has 5 heteroatoms. The van der Waals surface area contributed by atoms with Crippen molar-refractivity contribution in [2.24, 2.45) is 5.92 Å². The minimum Gasteiger partial charge on any atom is -0.508 e. The predicted octanol–water partition coefficient (Wildman–Crippen LogP) is 2.25. The number of rotatable bonds is 6. The third-order valence-electron chi connectivity index (χ3n) is 3.06. The van der Waals surface area contributed by atoms with Crippen molar-refractivity contribution in [2.45, 2.75) is 26.7 Å². The van der Waals surface area contributed by atoms with Crippen molar-refractivity contribution in [3.63, 3.8) is 0 Å². The van der Waals surface area contributed by atoms with Crippen LogP contribution in [0, 0.1) is 5.92 Å². The van der Waals surface area contributed by atoms with E-state index in [2.05, 4.69) is 0 Å². The second-order valence-corrected chi connectivity index (χ2v) is 4.35. The maximum Gasteiger partial charge on any atom is 0.323 e. The molecule has 5 nitrogen and oxygen atoms in total. The second kappa shape index (κ2) is 6.78. The van der Waals surface area contributed by atoms with Gasteiger partial charge in [-0.15, -0.1) is 0 Å². The highest BCUT2D eigenvalue weighted by atomic mass is 16.4. The molecule has 0 saturated heterocycles. The highest BCUT2D eigenvalue weighted by Gasteiger charge is 2.24. The van der Waals surface area contributed by atoms with Gasteiger partial charge in [-0.1, -0.05) is 13.8 Å². The van der Waals surface area contributed by atoms with Crippen molar-refractivity contribution in [1.82, 2.24) is 0 Å². The van der Waals surface area contributed by atoms with Gasteiger partial charge in [0.2, 0.25) is 5.91 Å². The van der Waals surface area contributed by atoms with E-state index in [-0.39, 0.29) is 24.1 Å². The lowest BCUT2D eigenvalue weighted by Gasteiger charge is -2.25. The van der Waals surface area contributed by atoms with Gasteiger partial charge in [-0.3, -0.25) is 9.59 Å². The molecule has 19 heavy (non-hydrogen) atoms. The first-order chi connectivity index (χ1) is 8.99. The van der Waals surface area contributed by atoms with Crippen molar-refractivity contribution in [3.05, 3.63) is 24.3 Å². The first kappa shape index (κ1) is 15.0. The topological polar surface area (TPSA) is 77.8 Å². The van der Waals surface area contributed by atoms with Crippen LogP contribution in [-0.2, 0) is 9.59 Å². The predicted molar refractivity (Wildman–Crippen MR) is 72.2 cm³/mol. The number of amides is 1. The van der Waals surface area contributed by atoms with Crippen molar-refractivity contribution in [2.75, 3.05) is 11.4 Å². The number of nitrogens with zero attached hydrogens (tertiary/aromatic N) is 1. The zero-order valence-electron chi connectivity index (χ0n) is 11.2. The highest BCUT2D eigenvalue weighted by molar-refractivity contribution is 5.98. The van der Waals surface area contributed by atoms with Gasteiger partial charge in [-0.05, 0) is 37.1 Å². The van der Waals surface area contributed by atoms with Crippen molar-refractivity contribution in [1.29, 1.82) is 0 Å². The van der Waals surface area contributed by atoms with Crippen LogP contribution in [-0.4, -0.2) is 28.6 Å². The number of hydrogen-bond donors (Lipinski definition) is 2. The number of phenols is 1. The van der Waals surface area contributed by atoms with Crippen LogP contribution in [0.2, 0.25) is 0 Å². The number of benzene rings is 1. The third-order valence-corrected chi connectivity index (χ3v) is 3.06. The number of carboxylic acid groups (broad SMARTS) is 1. The fourth-order valence-corrected chi connectivity index (χ4v) is 1.92. The molecule has 0 aliphatic heterocycles. The Morgan fingerprint density at radius 1 is 1.16 bits per heavy atom. The fraction of sp³-hybridized carbons (Fsp3) is 0.429. The minimum absolute atomic E-state index is 0.0778. The van der Waals surface area contributed by atoms with Crippen LogP contribution in [0.5, 0.6) is 5.75 Å². The molecule has 0 aliphatic rings. The molecule has 0 unspecified atom stereocenters. The smallest absolute Gasteiger partial charge is 0.323 e. The van der Waals surface area contributed by atoms with E-state index in [0.717, 1.165) is 0 Å². The van der Waals surface area contributed by atoms with E-state index in [1.54, 1.807) is 12.1 Å². The van der Waals surface area contributed by atoms with Crippen LogP contribution in [0.4, 0.5) is 5.69 Å². The summed E-state index contributed by atoms with van der Waals surface area (Å²) in [4.78, 5) is 24.5. The maximum absolute atomic E-state index is 12.3. The molecule has 0 heterocycles. The molecule has 0 radical (unpaired) electrons. The fourth-order valence-electron chi connectivity index (χ4n) is 1.92. The first-order valence-electron chi connectivity index (χ1n) is 6.31. The molecule has 2 N–H and O–H groups in total. The Kier molecular flexibility index (Phi) is 5.36. The normalized spacial score (nSPS) is 10.5. The zero-order valence-corrected chi connectivity index (χ0v) is 11.2. The van der Waals surface area contributed by atoms with Crippen LogP contribution in [0.25, 0.3) is 0 Å². The summed E-state index contributed by atoms with van der Waals surface area (Å²) in [5, 5.41) is 18.2. The molecule has 104 valence electrons. The Balaban J connectivity index is 3.03. The summed E-state index contributed by atoms with van der Waals surface area (Å²) >= 11 is 0. The van der Waals surface area contributed by atoms with E-state index < -0.39 is 5.97 Å². The Hall–Kier alpha value is -2.04. The molecular formula is C14H19NO4. The lowest BCUT2D eigenvalue weighted by Crippen LogP contribution is -2.39. The summed E-state index contributed by atoms with van der Waals surface area (Å²) in [7, 11) is 0. The summed E-state index contributed by atoms with van der Waals surface area (Å²) in [6.07, 6.45) is 1.34. The average molecular weight is 265 g/mol. The maximum atomic E-state index is 12.3. The summed E-state index contributed by atoms with van der Waals surface area (Å²) in [6.45, 7) is 3.43. The third kappa shape index (κ3) is 3.98. The standard InChI is InChI=1S/C14H19NO4/c1-3-10(4-2)14(19)15(9-13(17)18)11-5-7-12(16)8-6-11/h5-8,10,16H,3-4,9H2,1-2H3,(H,17,18). The van der Waals surface area contributed by atoms with E-state index in [9.17, 15) is 14.7 Å². The van der Waals surface area contributed by atoms with Gasteiger partial charge in [0.05, 0.1) is 0 Å².